The average Bonchev–Trinajstić information content (AvgIpc) is 2.39. The molecule has 1 aliphatic heterocycles. The third-order valence-electron chi connectivity index (χ3n) is 3.25. The maximum Gasteiger partial charge on any atom is 0.253 e. The quantitative estimate of drug-likeness (QED) is 0.597. The fraction of sp³-hybridized carbons (Fsp3) is 0.500. The molecular formula is C12H18N4O. The van der Waals surface area contributed by atoms with Crippen molar-refractivity contribution in [1.82, 2.24) is 14.9 Å². The van der Waals surface area contributed by atoms with Crippen LogP contribution in [0.25, 0.3) is 0 Å². The van der Waals surface area contributed by atoms with Crippen molar-refractivity contribution in [2.75, 3.05) is 20.1 Å². The second-order valence-electron chi connectivity index (χ2n) is 4.42. The van der Waals surface area contributed by atoms with Gasteiger partial charge in [-0.15, -0.1) is 0 Å². The lowest BCUT2D eigenvalue weighted by Crippen LogP contribution is -2.47. The number of amides is 1. The smallest absolute Gasteiger partial charge is 0.253 e. The number of pyridine rings is 1. The summed E-state index contributed by atoms with van der Waals surface area (Å²) in [5, 5.41) is 1.74. The summed E-state index contributed by atoms with van der Waals surface area (Å²) in [6.07, 6.45) is 5.16. The van der Waals surface area contributed by atoms with Gasteiger partial charge in [-0.25, -0.2) is 5.01 Å². The highest BCUT2D eigenvalue weighted by Gasteiger charge is 2.24. The van der Waals surface area contributed by atoms with Gasteiger partial charge in [0.1, 0.15) is 0 Å². The SMILES string of the molecule is CN(N)C1CCN(C(=O)c2ccncc2)CC1. The van der Waals surface area contributed by atoms with Gasteiger partial charge in [-0.05, 0) is 25.0 Å². The summed E-state index contributed by atoms with van der Waals surface area (Å²) in [5.41, 5.74) is 0.708. The van der Waals surface area contributed by atoms with Gasteiger partial charge in [-0.3, -0.25) is 15.6 Å². The van der Waals surface area contributed by atoms with Gasteiger partial charge in [0.05, 0.1) is 0 Å². The second kappa shape index (κ2) is 5.25. The van der Waals surface area contributed by atoms with Gasteiger partial charge in [-0.1, -0.05) is 0 Å². The molecule has 2 rings (SSSR count). The zero-order valence-corrected chi connectivity index (χ0v) is 10.0. The van der Waals surface area contributed by atoms with Crippen molar-refractivity contribution in [3.05, 3.63) is 30.1 Å². The molecule has 2 heterocycles. The molecule has 1 aliphatic rings. The first-order valence-electron chi connectivity index (χ1n) is 5.85. The van der Waals surface area contributed by atoms with E-state index in [-0.39, 0.29) is 5.91 Å². The van der Waals surface area contributed by atoms with Crippen LogP contribution in [-0.4, -0.2) is 47.0 Å². The van der Waals surface area contributed by atoms with Crippen LogP contribution in [0.3, 0.4) is 0 Å². The maximum atomic E-state index is 12.1. The van der Waals surface area contributed by atoms with E-state index in [1.165, 1.54) is 0 Å². The maximum absolute atomic E-state index is 12.1. The molecule has 0 atom stereocenters. The van der Waals surface area contributed by atoms with E-state index < -0.39 is 0 Å². The molecule has 5 heteroatoms. The van der Waals surface area contributed by atoms with Crippen LogP contribution in [0.2, 0.25) is 0 Å². The number of carbonyl (C=O) groups excluding carboxylic acids is 1. The van der Waals surface area contributed by atoms with Crippen LogP contribution < -0.4 is 5.84 Å². The molecule has 17 heavy (non-hydrogen) atoms. The summed E-state index contributed by atoms with van der Waals surface area (Å²) >= 11 is 0. The molecule has 92 valence electrons. The zero-order chi connectivity index (χ0) is 12.3. The lowest BCUT2D eigenvalue weighted by atomic mass is 10.0. The Bertz CT molecular complexity index is 371. The molecule has 0 bridgehead atoms. The van der Waals surface area contributed by atoms with Crippen molar-refractivity contribution >= 4 is 5.91 Å². The molecule has 1 aromatic heterocycles. The summed E-state index contributed by atoms with van der Waals surface area (Å²) in [4.78, 5) is 17.9. The van der Waals surface area contributed by atoms with E-state index in [9.17, 15) is 4.79 Å². The molecule has 0 saturated carbocycles. The standard InChI is InChI=1S/C12H18N4O/c1-15(13)11-4-8-16(9-5-11)12(17)10-2-6-14-7-3-10/h2-3,6-7,11H,4-5,8-9,13H2,1H3. The predicted octanol–water partition coefficient (Wildman–Crippen LogP) is 0.492. The molecule has 1 aromatic rings. The van der Waals surface area contributed by atoms with Crippen LogP contribution in [0.4, 0.5) is 0 Å². The Morgan fingerprint density at radius 2 is 2.00 bits per heavy atom. The first kappa shape index (κ1) is 12.0. The molecule has 1 amide bonds. The van der Waals surface area contributed by atoms with Gasteiger partial charge in [0.25, 0.3) is 5.91 Å². The van der Waals surface area contributed by atoms with E-state index in [1.807, 2.05) is 11.9 Å². The zero-order valence-electron chi connectivity index (χ0n) is 10.0. The number of carbonyl (C=O) groups is 1. The molecule has 0 spiro atoms. The van der Waals surface area contributed by atoms with Crippen LogP contribution in [0.5, 0.6) is 0 Å². The van der Waals surface area contributed by atoms with Crippen molar-refractivity contribution in [2.24, 2.45) is 5.84 Å². The van der Waals surface area contributed by atoms with Gasteiger partial charge in [-0.2, -0.15) is 0 Å². The van der Waals surface area contributed by atoms with E-state index >= 15 is 0 Å². The van der Waals surface area contributed by atoms with Gasteiger partial charge < -0.3 is 4.90 Å². The average molecular weight is 234 g/mol. The largest absolute Gasteiger partial charge is 0.339 e. The Labute approximate surface area is 101 Å². The summed E-state index contributed by atoms with van der Waals surface area (Å²) in [6, 6.07) is 3.89. The fourth-order valence-corrected chi connectivity index (χ4v) is 2.15. The Morgan fingerprint density at radius 1 is 1.41 bits per heavy atom. The number of hydrogen-bond acceptors (Lipinski definition) is 4. The number of nitrogens with zero attached hydrogens (tertiary/aromatic N) is 3. The highest BCUT2D eigenvalue weighted by atomic mass is 16.2. The first-order valence-corrected chi connectivity index (χ1v) is 5.85. The van der Waals surface area contributed by atoms with Crippen molar-refractivity contribution in [3.63, 3.8) is 0 Å². The first-order chi connectivity index (χ1) is 8.18. The number of hydrogen-bond donors (Lipinski definition) is 1. The Morgan fingerprint density at radius 3 is 2.53 bits per heavy atom. The van der Waals surface area contributed by atoms with Crippen molar-refractivity contribution in [1.29, 1.82) is 0 Å². The summed E-state index contributed by atoms with van der Waals surface area (Å²) in [5.74, 6) is 5.81. The van der Waals surface area contributed by atoms with Crippen molar-refractivity contribution < 1.29 is 4.79 Å². The Kier molecular flexibility index (Phi) is 3.71. The number of rotatable bonds is 2. The number of nitrogens with two attached hydrogens (primary N) is 1. The molecule has 0 aromatic carbocycles. The Hall–Kier alpha value is -1.46. The monoisotopic (exact) mass is 234 g/mol. The van der Waals surface area contributed by atoms with Crippen molar-refractivity contribution in [2.45, 2.75) is 18.9 Å². The van der Waals surface area contributed by atoms with Crippen LogP contribution in [-0.2, 0) is 0 Å². The molecule has 5 nitrogen and oxygen atoms in total. The van der Waals surface area contributed by atoms with Crippen LogP contribution in [0, 0.1) is 0 Å². The highest BCUT2D eigenvalue weighted by Crippen LogP contribution is 2.15. The molecule has 0 unspecified atom stereocenters. The summed E-state index contributed by atoms with van der Waals surface area (Å²) in [7, 11) is 1.88. The minimum atomic E-state index is 0.0884. The minimum absolute atomic E-state index is 0.0884. The van der Waals surface area contributed by atoms with Crippen molar-refractivity contribution in [3.8, 4) is 0 Å². The predicted molar refractivity (Wildman–Crippen MR) is 65.1 cm³/mol. The van der Waals surface area contributed by atoms with E-state index in [4.69, 9.17) is 5.84 Å². The van der Waals surface area contributed by atoms with Crippen LogP contribution in [0.15, 0.2) is 24.5 Å². The van der Waals surface area contributed by atoms with Gasteiger partial charge in [0, 0.05) is 44.1 Å². The van der Waals surface area contributed by atoms with Gasteiger partial charge >= 0.3 is 0 Å². The van der Waals surface area contributed by atoms with E-state index in [1.54, 1.807) is 29.5 Å². The molecule has 2 N–H and O–H groups in total. The van der Waals surface area contributed by atoms with Gasteiger partial charge in [0.15, 0.2) is 0 Å². The van der Waals surface area contributed by atoms with Crippen LogP contribution >= 0.6 is 0 Å². The minimum Gasteiger partial charge on any atom is -0.339 e. The van der Waals surface area contributed by atoms with E-state index in [2.05, 4.69) is 4.98 Å². The fourth-order valence-electron chi connectivity index (χ4n) is 2.15. The summed E-state index contributed by atoms with van der Waals surface area (Å²) < 4.78 is 0. The lowest BCUT2D eigenvalue weighted by Gasteiger charge is -2.34. The number of piperidine rings is 1. The Balaban J connectivity index is 1.95. The third-order valence-corrected chi connectivity index (χ3v) is 3.25. The number of aromatic nitrogens is 1. The number of hydrazine groups is 1. The molecular weight excluding hydrogens is 216 g/mol. The highest BCUT2D eigenvalue weighted by molar-refractivity contribution is 5.94. The lowest BCUT2D eigenvalue weighted by molar-refractivity contribution is 0.0645. The third kappa shape index (κ3) is 2.81. The topological polar surface area (TPSA) is 62.5 Å². The normalized spacial score (nSPS) is 17.5. The molecule has 1 fully saturated rings. The van der Waals surface area contributed by atoms with Gasteiger partial charge in [0.2, 0.25) is 0 Å². The van der Waals surface area contributed by atoms with E-state index in [0.717, 1.165) is 25.9 Å². The summed E-state index contributed by atoms with van der Waals surface area (Å²) in [6.45, 7) is 1.54. The van der Waals surface area contributed by atoms with Crippen LogP contribution in [0.1, 0.15) is 23.2 Å². The number of likely N-dealkylation sites (tertiary alicyclic amines) is 1. The molecule has 0 radical (unpaired) electrons. The van der Waals surface area contributed by atoms with E-state index in [0.29, 0.717) is 11.6 Å². The molecule has 0 aliphatic carbocycles. The molecule has 1 saturated heterocycles. The second-order valence-corrected chi connectivity index (χ2v) is 4.42.